The lowest BCUT2D eigenvalue weighted by atomic mass is 10.2. The van der Waals surface area contributed by atoms with E-state index in [2.05, 4.69) is 10.4 Å². The molecule has 7 nitrogen and oxygen atoms in total. The summed E-state index contributed by atoms with van der Waals surface area (Å²) in [5, 5.41) is 7.27. The number of amides is 2. The van der Waals surface area contributed by atoms with Crippen molar-refractivity contribution in [1.82, 2.24) is 14.7 Å². The predicted octanol–water partition coefficient (Wildman–Crippen LogP) is 2.71. The molecule has 1 aliphatic heterocycles. The summed E-state index contributed by atoms with van der Waals surface area (Å²) in [4.78, 5) is 14.2. The normalized spacial score (nSPS) is 17.4. The number of anilines is 1. The number of aromatic nitrogens is 2. The number of likely N-dealkylation sites (N-methyl/N-ethyl adjacent to an activating group) is 1. The third kappa shape index (κ3) is 3.56. The first-order chi connectivity index (χ1) is 11.2. The third-order valence-corrected chi connectivity index (χ3v) is 4.01. The molecule has 3 heterocycles. The van der Waals surface area contributed by atoms with Crippen LogP contribution in [0, 0.1) is 0 Å². The van der Waals surface area contributed by atoms with Crippen LogP contribution in [0.2, 0.25) is 0 Å². The van der Waals surface area contributed by atoms with E-state index in [4.69, 9.17) is 9.15 Å². The maximum Gasteiger partial charge on any atom is 0.323 e. The van der Waals surface area contributed by atoms with Gasteiger partial charge in [0.15, 0.2) is 5.76 Å². The van der Waals surface area contributed by atoms with Gasteiger partial charge in [-0.25, -0.2) is 4.79 Å². The van der Waals surface area contributed by atoms with E-state index < -0.39 is 0 Å². The van der Waals surface area contributed by atoms with Gasteiger partial charge in [-0.2, -0.15) is 5.10 Å². The van der Waals surface area contributed by atoms with E-state index in [1.165, 1.54) is 0 Å². The number of urea groups is 1. The number of aryl methyl sites for hydroxylation is 1. The van der Waals surface area contributed by atoms with Gasteiger partial charge in [-0.05, 0) is 31.9 Å². The van der Waals surface area contributed by atoms with Gasteiger partial charge in [-0.15, -0.1) is 0 Å². The van der Waals surface area contributed by atoms with Gasteiger partial charge < -0.3 is 14.1 Å². The molecule has 0 aromatic carbocycles. The lowest BCUT2D eigenvalue weighted by Gasteiger charge is -2.24. The number of carbonyl (C=O) groups excluding carboxylic acids is 1. The number of hydrogen-bond donors (Lipinski definition) is 1. The van der Waals surface area contributed by atoms with E-state index >= 15 is 0 Å². The molecule has 1 fully saturated rings. The van der Waals surface area contributed by atoms with Crippen molar-refractivity contribution >= 4 is 11.8 Å². The summed E-state index contributed by atoms with van der Waals surface area (Å²) in [7, 11) is 1.79. The van der Waals surface area contributed by atoms with Crippen molar-refractivity contribution in [3.05, 3.63) is 24.5 Å². The largest absolute Gasteiger partial charge is 0.463 e. The fraction of sp³-hybridized carbons (Fsp3) is 0.500. The lowest BCUT2D eigenvalue weighted by Crippen LogP contribution is -2.40. The lowest BCUT2D eigenvalue weighted by molar-refractivity contribution is 0.0849. The second-order valence-electron chi connectivity index (χ2n) is 5.62. The van der Waals surface area contributed by atoms with Crippen LogP contribution in [0.1, 0.15) is 19.8 Å². The van der Waals surface area contributed by atoms with Crippen molar-refractivity contribution in [1.29, 1.82) is 0 Å². The van der Waals surface area contributed by atoms with Gasteiger partial charge >= 0.3 is 6.03 Å². The average molecular weight is 318 g/mol. The van der Waals surface area contributed by atoms with Crippen LogP contribution in [0.4, 0.5) is 10.6 Å². The summed E-state index contributed by atoms with van der Waals surface area (Å²) in [5.41, 5.74) is 0.690. The Kier molecular flexibility index (Phi) is 4.66. The minimum atomic E-state index is -0.142. The molecule has 3 rings (SSSR count). The Bertz CT molecular complexity index is 644. The first kappa shape index (κ1) is 15.6. The Morgan fingerprint density at radius 1 is 1.57 bits per heavy atom. The molecule has 0 spiro atoms. The number of carbonyl (C=O) groups is 1. The van der Waals surface area contributed by atoms with Crippen LogP contribution in [0.15, 0.2) is 28.9 Å². The number of nitrogens with zero attached hydrogens (tertiary/aromatic N) is 3. The molecule has 0 saturated carbocycles. The van der Waals surface area contributed by atoms with E-state index in [1.807, 2.05) is 19.1 Å². The minimum absolute atomic E-state index is 0.142. The summed E-state index contributed by atoms with van der Waals surface area (Å²) < 4.78 is 12.6. The van der Waals surface area contributed by atoms with Crippen molar-refractivity contribution in [3.8, 4) is 11.5 Å². The van der Waals surface area contributed by atoms with Crippen LogP contribution >= 0.6 is 0 Å². The maximum atomic E-state index is 12.5. The molecule has 0 aliphatic carbocycles. The Labute approximate surface area is 135 Å². The van der Waals surface area contributed by atoms with E-state index in [1.54, 1.807) is 29.0 Å². The first-order valence-corrected chi connectivity index (χ1v) is 7.93. The van der Waals surface area contributed by atoms with Gasteiger partial charge in [0.1, 0.15) is 11.5 Å². The van der Waals surface area contributed by atoms with Gasteiger partial charge in [0.05, 0.1) is 12.4 Å². The number of nitrogens with one attached hydrogen (secondary N) is 1. The highest BCUT2D eigenvalue weighted by atomic mass is 16.5. The second kappa shape index (κ2) is 6.87. The van der Waals surface area contributed by atoms with Crippen molar-refractivity contribution in [2.75, 3.05) is 25.0 Å². The minimum Gasteiger partial charge on any atom is -0.463 e. The molecular formula is C16H22N4O3. The molecule has 0 bridgehead atoms. The van der Waals surface area contributed by atoms with Crippen molar-refractivity contribution in [3.63, 3.8) is 0 Å². The van der Waals surface area contributed by atoms with E-state index in [0.29, 0.717) is 30.4 Å². The molecule has 1 unspecified atom stereocenters. The second-order valence-corrected chi connectivity index (χ2v) is 5.62. The van der Waals surface area contributed by atoms with Crippen LogP contribution in [-0.4, -0.2) is 46.5 Å². The van der Waals surface area contributed by atoms with E-state index in [9.17, 15) is 4.79 Å². The van der Waals surface area contributed by atoms with Gasteiger partial charge in [0, 0.05) is 32.8 Å². The molecule has 1 saturated heterocycles. The zero-order valence-corrected chi connectivity index (χ0v) is 13.5. The number of hydrogen-bond acceptors (Lipinski definition) is 4. The summed E-state index contributed by atoms with van der Waals surface area (Å²) >= 11 is 0. The zero-order chi connectivity index (χ0) is 16.2. The Hall–Kier alpha value is -2.28. The summed E-state index contributed by atoms with van der Waals surface area (Å²) in [6, 6.07) is 5.31. The van der Waals surface area contributed by atoms with Crippen molar-refractivity contribution in [2.45, 2.75) is 25.9 Å². The van der Waals surface area contributed by atoms with Crippen LogP contribution in [0.5, 0.6) is 0 Å². The molecule has 2 amide bonds. The summed E-state index contributed by atoms with van der Waals surface area (Å²) in [5.74, 6) is 1.31. The average Bonchev–Trinajstić information content (AvgIpc) is 3.27. The highest BCUT2D eigenvalue weighted by Gasteiger charge is 2.22. The number of furan rings is 1. The highest BCUT2D eigenvalue weighted by molar-refractivity contribution is 5.89. The SMILES string of the molecule is CCN(CC1CCCO1)C(=O)Nc1cc(-c2ccco2)nn1C. The standard InChI is InChI=1S/C16H22N4O3/c1-3-20(11-12-6-4-8-22-12)16(21)17-15-10-13(18-19(15)2)14-7-5-9-23-14/h5,7,9-10,12H,3-4,6,8,11H2,1-2H3,(H,17,21). The fourth-order valence-electron chi connectivity index (χ4n) is 2.71. The molecule has 2 aromatic heterocycles. The third-order valence-electron chi connectivity index (χ3n) is 4.01. The molecule has 1 aliphatic rings. The smallest absolute Gasteiger partial charge is 0.323 e. The molecule has 124 valence electrons. The molecule has 7 heteroatoms. The molecule has 0 radical (unpaired) electrons. The molecular weight excluding hydrogens is 296 g/mol. The summed E-state index contributed by atoms with van der Waals surface area (Å²) in [6.45, 7) is 4.00. The van der Waals surface area contributed by atoms with Gasteiger partial charge in [-0.1, -0.05) is 0 Å². The van der Waals surface area contributed by atoms with Crippen LogP contribution in [-0.2, 0) is 11.8 Å². The number of ether oxygens (including phenoxy) is 1. The Balaban J connectivity index is 1.66. The maximum absolute atomic E-state index is 12.5. The van der Waals surface area contributed by atoms with Gasteiger partial charge in [0.2, 0.25) is 0 Å². The monoisotopic (exact) mass is 318 g/mol. The van der Waals surface area contributed by atoms with Crippen molar-refractivity contribution < 1.29 is 13.9 Å². The van der Waals surface area contributed by atoms with Crippen LogP contribution in [0.25, 0.3) is 11.5 Å². The van der Waals surface area contributed by atoms with Crippen molar-refractivity contribution in [2.24, 2.45) is 7.05 Å². The van der Waals surface area contributed by atoms with Gasteiger partial charge in [0.25, 0.3) is 0 Å². The molecule has 23 heavy (non-hydrogen) atoms. The Morgan fingerprint density at radius 2 is 2.43 bits per heavy atom. The molecule has 1 N–H and O–H groups in total. The van der Waals surface area contributed by atoms with E-state index in [-0.39, 0.29) is 12.1 Å². The molecule has 1 atom stereocenters. The Morgan fingerprint density at radius 3 is 3.09 bits per heavy atom. The topological polar surface area (TPSA) is 72.5 Å². The molecule has 2 aromatic rings. The van der Waals surface area contributed by atoms with E-state index in [0.717, 1.165) is 19.4 Å². The summed E-state index contributed by atoms with van der Waals surface area (Å²) in [6.07, 6.45) is 3.82. The quantitative estimate of drug-likeness (QED) is 0.920. The van der Waals surface area contributed by atoms with Gasteiger partial charge in [-0.3, -0.25) is 10.00 Å². The predicted molar refractivity (Wildman–Crippen MR) is 86.1 cm³/mol. The first-order valence-electron chi connectivity index (χ1n) is 7.93. The highest BCUT2D eigenvalue weighted by Crippen LogP contribution is 2.22. The van der Waals surface area contributed by atoms with Crippen LogP contribution in [0.3, 0.4) is 0 Å². The zero-order valence-electron chi connectivity index (χ0n) is 13.5. The fourth-order valence-corrected chi connectivity index (χ4v) is 2.71. The number of rotatable bonds is 5. The van der Waals surface area contributed by atoms with Crippen LogP contribution < -0.4 is 5.32 Å².